The first-order valence-electron chi connectivity index (χ1n) is 7.45. The van der Waals surface area contributed by atoms with Crippen molar-refractivity contribution in [3.8, 4) is 0 Å². The van der Waals surface area contributed by atoms with Crippen LogP contribution < -0.4 is 10.0 Å². The minimum absolute atomic E-state index is 0.103. The third-order valence-corrected chi connectivity index (χ3v) is 5.61. The van der Waals surface area contributed by atoms with Crippen molar-refractivity contribution < 1.29 is 17.6 Å². The van der Waals surface area contributed by atoms with E-state index in [-0.39, 0.29) is 10.9 Å². The average molecular weight is 379 g/mol. The first kappa shape index (κ1) is 17.6. The molecular formula is C16H17N3O4S2. The van der Waals surface area contributed by atoms with Gasteiger partial charge >= 0.3 is 0 Å². The number of thiazole rings is 1. The Labute approximate surface area is 149 Å². The SMILES string of the molecule is CC(C)(C)NS(=O)(=O)c1ccc(C(=O)Nc2nc3ccccc3s2)o1. The van der Waals surface area contributed by atoms with Gasteiger partial charge in [-0.1, -0.05) is 23.5 Å². The van der Waals surface area contributed by atoms with E-state index >= 15 is 0 Å². The average Bonchev–Trinajstić information content (AvgIpc) is 3.11. The summed E-state index contributed by atoms with van der Waals surface area (Å²) in [5.41, 5.74) is 0.120. The van der Waals surface area contributed by atoms with E-state index < -0.39 is 21.5 Å². The minimum Gasteiger partial charge on any atom is -0.438 e. The lowest BCUT2D eigenvalue weighted by molar-refractivity contribution is 0.0991. The van der Waals surface area contributed by atoms with Crippen LogP contribution in [0.2, 0.25) is 0 Å². The number of carbonyl (C=O) groups excluding carboxylic acids is 1. The molecule has 1 aromatic carbocycles. The number of hydrogen-bond acceptors (Lipinski definition) is 6. The molecule has 0 unspecified atom stereocenters. The fraction of sp³-hybridized carbons (Fsp3) is 0.250. The zero-order valence-corrected chi connectivity index (χ0v) is 15.5. The largest absolute Gasteiger partial charge is 0.438 e. The van der Waals surface area contributed by atoms with Crippen molar-refractivity contribution in [1.29, 1.82) is 0 Å². The normalized spacial score (nSPS) is 12.4. The van der Waals surface area contributed by atoms with Crippen LogP contribution in [-0.2, 0) is 10.0 Å². The molecule has 2 aromatic heterocycles. The predicted molar refractivity (Wildman–Crippen MR) is 96.4 cm³/mol. The maximum atomic E-state index is 12.3. The van der Waals surface area contributed by atoms with E-state index in [2.05, 4.69) is 15.0 Å². The first-order valence-corrected chi connectivity index (χ1v) is 9.75. The van der Waals surface area contributed by atoms with Gasteiger partial charge < -0.3 is 4.42 Å². The van der Waals surface area contributed by atoms with Gasteiger partial charge in [-0.25, -0.2) is 18.1 Å². The highest BCUT2D eigenvalue weighted by Crippen LogP contribution is 2.26. The van der Waals surface area contributed by atoms with E-state index in [9.17, 15) is 13.2 Å². The number of furan rings is 1. The number of rotatable bonds is 4. The Kier molecular flexibility index (Phi) is 4.40. The van der Waals surface area contributed by atoms with E-state index in [0.29, 0.717) is 5.13 Å². The fourth-order valence-electron chi connectivity index (χ4n) is 2.12. The van der Waals surface area contributed by atoms with Gasteiger partial charge in [-0.2, -0.15) is 0 Å². The number of sulfonamides is 1. The summed E-state index contributed by atoms with van der Waals surface area (Å²) in [6.07, 6.45) is 0. The van der Waals surface area contributed by atoms with Crippen LogP contribution >= 0.6 is 11.3 Å². The molecule has 0 bridgehead atoms. The van der Waals surface area contributed by atoms with Gasteiger partial charge in [0.2, 0.25) is 5.09 Å². The number of fused-ring (bicyclic) bond motifs is 1. The minimum atomic E-state index is -3.83. The maximum Gasteiger partial charge on any atom is 0.293 e. The predicted octanol–water partition coefficient (Wildman–Crippen LogP) is 3.22. The summed E-state index contributed by atoms with van der Waals surface area (Å²) < 4.78 is 33.0. The van der Waals surface area contributed by atoms with Gasteiger partial charge in [-0.15, -0.1) is 0 Å². The number of nitrogens with one attached hydrogen (secondary N) is 2. The molecule has 0 atom stereocenters. The lowest BCUT2D eigenvalue weighted by Gasteiger charge is -2.18. The number of amides is 1. The van der Waals surface area contributed by atoms with Crippen LogP contribution in [0.25, 0.3) is 10.2 Å². The lowest BCUT2D eigenvalue weighted by Crippen LogP contribution is -2.40. The summed E-state index contributed by atoms with van der Waals surface area (Å²) in [5, 5.41) is 2.73. The summed E-state index contributed by atoms with van der Waals surface area (Å²) in [6, 6.07) is 10.1. The molecule has 0 aliphatic heterocycles. The molecule has 1 amide bonds. The second kappa shape index (κ2) is 6.25. The van der Waals surface area contributed by atoms with Crippen molar-refractivity contribution in [1.82, 2.24) is 9.71 Å². The lowest BCUT2D eigenvalue weighted by atomic mass is 10.1. The quantitative estimate of drug-likeness (QED) is 0.725. The van der Waals surface area contributed by atoms with E-state index in [0.717, 1.165) is 10.2 Å². The standard InChI is InChI=1S/C16H17N3O4S2/c1-16(2,3)19-25(21,22)13-9-8-11(23-13)14(20)18-15-17-10-6-4-5-7-12(10)24-15/h4-9,19H,1-3H3,(H,17,18,20). The Morgan fingerprint density at radius 2 is 1.88 bits per heavy atom. The van der Waals surface area contributed by atoms with Crippen molar-refractivity contribution in [2.75, 3.05) is 5.32 Å². The van der Waals surface area contributed by atoms with Crippen LogP contribution in [0.4, 0.5) is 5.13 Å². The summed E-state index contributed by atoms with van der Waals surface area (Å²) in [6.45, 7) is 5.15. The smallest absolute Gasteiger partial charge is 0.293 e. The van der Waals surface area contributed by atoms with E-state index in [4.69, 9.17) is 4.42 Å². The molecule has 7 nitrogen and oxygen atoms in total. The Morgan fingerprint density at radius 3 is 2.56 bits per heavy atom. The van der Waals surface area contributed by atoms with Gasteiger partial charge in [0.15, 0.2) is 10.9 Å². The number of anilines is 1. The second-order valence-corrected chi connectivity index (χ2v) is 9.06. The summed E-state index contributed by atoms with van der Waals surface area (Å²) in [4.78, 5) is 16.6. The monoisotopic (exact) mass is 379 g/mol. The number of hydrogen-bond donors (Lipinski definition) is 2. The van der Waals surface area contributed by atoms with Crippen molar-refractivity contribution >= 4 is 42.6 Å². The van der Waals surface area contributed by atoms with Crippen molar-refractivity contribution in [2.45, 2.75) is 31.4 Å². The molecule has 0 saturated heterocycles. The number of aromatic nitrogens is 1. The number of carbonyl (C=O) groups is 1. The van der Waals surface area contributed by atoms with Crippen LogP contribution in [0.1, 0.15) is 31.3 Å². The van der Waals surface area contributed by atoms with Crippen LogP contribution in [0.15, 0.2) is 45.9 Å². The summed E-state index contributed by atoms with van der Waals surface area (Å²) in [7, 11) is -3.83. The highest BCUT2D eigenvalue weighted by molar-refractivity contribution is 7.89. The Morgan fingerprint density at radius 1 is 1.16 bits per heavy atom. The Hall–Kier alpha value is -2.23. The molecule has 0 fully saturated rings. The van der Waals surface area contributed by atoms with E-state index in [1.54, 1.807) is 20.8 Å². The molecule has 25 heavy (non-hydrogen) atoms. The molecule has 9 heteroatoms. The van der Waals surface area contributed by atoms with Gasteiger partial charge in [0.1, 0.15) is 0 Å². The third kappa shape index (κ3) is 4.06. The van der Waals surface area contributed by atoms with Gasteiger partial charge in [-0.3, -0.25) is 10.1 Å². The molecule has 0 saturated carbocycles. The van der Waals surface area contributed by atoms with E-state index in [1.165, 1.54) is 23.5 Å². The van der Waals surface area contributed by atoms with Crippen LogP contribution in [0, 0.1) is 0 Å². The van der Waals surface area contributed by atoms with Gasteiger partial charge in [0.25, 0.3) is 15.9 Å². The summed E-state index contributed by atoms with van der Waals surface area (Å²) >= 11 is 1.33. The molecule has 0 aliphatic carbocycles. The van der Waals surface area contributed by atoms with Crippen molar-refractivity contribution in [3.63, 3.8) is 0 Å². The zero-order valence-electron chi connectivity index (χ0n) is 13.9. The van der Waals surface area contributed by atoms with E-state index in [1.807, 2.05) is 24.3 Å². The molecule has 0 spiro atoms. The number of nitrogens with zero attached hydrogens (tertiary/aromatic N) is 1. The topological polar surface area (TPSA) is 101 Å². The molecule has 3 rings (SSSR count). The van der Waals surface area contributed by atoms with Crippen LogP contribution in [0.3, 0.4) is 0 Å². The molecule has 0 aliphatic rings. The molecule has 2 N–H and O–H groups in total. The highest BCUT2D eigenvalue weighted by atomic mass is 32.2. The maximum absolute atomic E-state index is 12.3. The zero-order chi connectivity index (χ0) is 18.2. The Balaban J connectivity index is 1.78. The molecule has 132 valence electrons. The van der Waals surface area contributed by atoms with Crippen LogP contribution in [0.5, 0.6) is 0 Å². The third-order valence-electron chi connectivity index (χ3n) is 3.02. The number of para-hydroxylation sites is 1. The molecule has 2 heterocycles. The molecule has 3 aromatic rings. The van der Waals surface area contributed by atoms with Gasteiger partial charge in [-0.05, 0) is 45.0 Å². The van der Waals surface area contributed by atoms with Gasteiger partial charge in [0, 0.05) is 5.54 Å². The first-order chi connectivity index (χ1) is 11.6. The van der Waals surface area contributed by atoms with Crippen LogP contribution in [-0.4, -0.2) is 24.8 Å². The highest BCUT2D eigenvalue weighted by Gasteiger charge is 2.26. The molecule has 0 radical (unpaired) electrons. The van der Waals surface area contributed by atoms with Crippen molar-refractivity contribution in [2.24, 2.45) is 0 Å². The second-order valence-electron chi connectivity index (χ2n) is 6.42. The molecular weight excluding hydrogens is 362 g/mol. The Bertz CT molecular complexity index is 996. The van der Waals surface area contributed by atoms with Crippen molar-refractivity contribution in [3.05, 3.63) is 42.2 Å². The summed E-state index contributed by atoms with van der Waals surface area (Å²) in [5.74, 6) is -0.662. The number of benzene rings is 1. The fourth-order valence-corrected chi connectivity index (χ4v) is 4.34. The van der Waals surface area contributed by atoms with Gasteiger partial charge in [0.05, 0.1) is 10.2 Å².